The second-order valence-electron chi connectivity index (χ2n) is 5.62. The third-order valence-electron chi connectivity index (χ3n) is 3.33. The first-order valence-corrected chi connectivity index (χ1v) is 8.76. The second-order valence-corrected chi connectivity index (χ2v) is 5.62. The number of carbonyl (C=O) groups is 1. The predicted molar refractivity (Wildman–Crippen MR) is 97.7 cm³/mol. The largest absolute Gasteiger partial charge is 0.481 e. The number of carboxylic acid groups (broad SMARTS) is 1. The summed E-state index contributed by atoms with van der Waals surface area (Å²) in [5, 5.41) is 18.2. The summed E-state index contributed by atoms with van der Waals surface area (Å²) < 4.78 is 11.9. The predicted octanol–water partition coefficient (Wildman–Crippen LogP) is 5.14. The molecule has 0 radical (unpaired) electrons. The van der Waals surface area contributed by atoms with E-state index >= 15 is 0 Å². The van der Waals surface area contributed by atoms with Crippen molar-refractivity contribution < 1.29 is 19.4 Å². The molecule has 0 amide bonds. The van der Waals surface area contributed by atoms with E-state index in [1.54, 1.807) is 12.2 Å². The van der Waals surface area contributed by atoms with Crippen molar-refractivity contribution in [1.29, 1.82) is 0 Å². The molecule has 1 atom stereocenters. The van der Waals surface area contributed by atoms with Crippen molar-refractivity contribution >= 4 is 5.97 Å². The van der Waals surface area contributed by atoms with E-state index in [9.17, 15) is 14.3 Å². The molecule has 0 aliphatic rings. The molecule has 3 nitrogen and oxygen atoms in total. The molecule has 4 heteroatoms. The summed E-state index contributed by atoms with van der Waals surface area (Å²) in [6.45, 7) is -0.219. The van der Waals surface area contributed by atoms with Gasteiger partial charge in [0.25, 0.3) is 0 Å². The zero-order valence-electron chi connectivity index (χ0n) is 14.4. The minimum atomic E-state index is -0.771. The van der Waals surface area contributed by atoms with E-state index in [1.807, 2.05) is 24.3 Å². The molecule has 0 aliphatic carbocycles. The molecule has 0 heterocycles. The molecule has 0 fully saturated rings. The fourth-order valence-electron chi connectivity index (χ4n) is 1.97. The first-order chi connectivity index (χ1) is 11.7. The van der Waals surface area contributed by atoms with Gasteiger partial charge in [-0.25, -0.2) is 0 Å². The Bertz CT molecular complexity index is 411. The number of allylic oxidation sites excluding steroid dienone is 6. The van der Waals surface area contributed by atoms with Gasteiger partial charge in [-0.3, -0.25) is 9.18 Å². The SMILES string of the molecule is O=C(O)CCC/C=C\C=C\[C@@H](O)C/C=C\C/C=C\CCCCCF. The second kappa shape index (κ2) is 17.7. The highest BCUT2D eigenvalue weighted by atomic mass is 19.1. The first kappa shape index (κ1) is 22.3. The number of carboxylic acids is 1. The smallest absolute Gasteiger partial charge is 0.303 e. The molecular weight excluding hydrogens is 307 g/mol. The Morgan fingerprint density at radius 2 is 1.67 bits per heavy atom. The Morgan fingerprint density at radius 1 is 0.917 bits per heavy atom. The van der Waals surface area contributed by atoms with Crippen LogP contribution < -0.4 is 0 Å². The highest BCUT2D eigenvalue weighted by molar-refractivity contribution is 5.66. The van der Waals surface area contributed by atoms with Crippen LogP contribution in [-0.2, 0) is 4.79 Å². The maximum atomic E-state index is 11.9. The molecule has 2 N–H and O–H groups in total. The number of hydrogen-bond donors (Lipinski definition) is 2. The fraction of sp³-hybridized carbons (Fsp3) is 0.550. The van der Waals surface area contributed by atoms with Crippen molar-refractivity contribution in [3.05, 3.63) is 48.6 Å². The van der Waals surface area contributed by atoms with Crippen LogP contribution in [0.1, 0.15) is 57.8 Å². The van der Waals surface area contributed by atoms with E-state index in [-0.39, 0.29) is 13.1 Å². The van der Waals surface area contributed by atoms with Crippen molar-refractivity contribution in [2.75, 3.05) is 6.67 Å². The molecule has 0 aliphatic heterocycles. The Morgan fingerprint density at radius 3 is 2.42 bits per heavy atom. The lowest BCUT2D eigenvalue weighted by molar-refractivity contribution is -0.137. The summed E-state index contributed by atoms with van der Waals surface area (Å²) in [7, 11) is 0. The molecule has 136 valence electrons. The topological polar surface area (TPSA) is 57.5 Å². The lowest BCUT2D eigenvalue weighted by Crippen LogP contribution is -1.98. The standard InChI is InChI=1S/C20H31FO3/c21-18-14-10-5-3-1-2-4-7-11-15-19(22)16-12-8-6-9-13-17-20(23)24/h1-2,6-8,11-12,16,19,22H,3-5,9-10,13-15,17-18H2,(H,23,24)/b2-1-,8-6-,11-7-,16-12+/t19-/m0/s1. The van der Waals surface area contributed by atoms with Crippen LogP contribution in [0, 0.1) is 0 Å². The van der Waals surface area contributed by atoms with Crippen LogP contribution >= 0.6 is 0 Å². The number of rotatable bonds is 15. The van der Waals surface area contributed by atoms with Gasteiger partial charge >= 0.3 is 5.97 Å². The molecule has 0 rings (SSSR count). The number of aliphatic hydroxyl groups is 1. The zero-order valence-corrected chi connectivity index (χ0v) is 14.4. The van der Waals surface area contributed by atoms with Crippen molar-refractivity contribution in [1.82, 2.24) is 0 Å². The average Bonchev–Trinajstić information content (AvgIpc) is 2.55. The van der Waals surface area contributed by atoms with Gasteiger partial charge in [0, 0.05) is 6.42 Å². The average molecular weight is 338 g/mol. The van der Waals surface area contributed by atoms with Crippen LogP contribution in [0.15, 0.2) is 48.6 Å². The molecule has 0 saturated heterocycles. The van der Waals surface area contributed by atoms with Gasteiger partial charge in [-0.05, 0) is 44.9 Å². The van der Waals surface area contributed by atoms with Crippen molar-refractivity contribution in [2.45, 2.75) is 63.9 Å². The van der Waals surface area contributed by atoms with E-state index in [2.05, 4.69) is 12.2 Å². The van der Waals surface area contributed by atoms with Crippen LogP contribution in [-0.4, -0.2) is 29.0 Å². The maximum Gasteiger partial charge on any atom is 0.303 e. The Labute approximate surface area is 145 Å². The molecule has 0 spiro atoms. The van der Waals surface area contributed by atoms with Crippen LogP contribution in [0.2, 0.25) is 0 Å². The van der Waals surface area contributed by atoms with Crippen molar-refractivity contribution in [3.8, 4) is 0 Å². The normalized spacial score (nSPS) is 13.8. The summed E-state index contributed by atoms with van der Waals surface area (Å²) in [6.07, 6.45) is 21.6. The van der Waals surface area contributed by atoms with Crippen LogP contribution in [0.5, 0.6) is 0 Å². The number of unbranched alkanes of at least 4 members (excludes halogenated alkanes) is 4. The van der Waals surface area contributed by atoms with Crippen LogP contribution in [0.3, 0.4) is 0 Å². The highest BCUT2D eigenvalue weighted by Gasteiger charge is 1.94. The van der Waals surface area contributed by atoms with E-state index in [1.165, 1.54) is 0 Å². The minimum absolute atomic E-state index is 0.188. The summed E-state index contributed by atoms with van der Waals surface area (Å²) in [4.78, 5) is 10.3. The molecule has 24 heavy (non-hydrogen) atoms. The number of aliphatic hydroxyl groups excluding tert-OH is 1. The summed E-state index contributed by atoms with van der Waals surface area (Å²) in [6, 6.07) is 0. The van der Waals surface area contributed by atoms with Crippen molar-refractivity contribution in [3.63, 3.8) is 0 Å². The number of hydrogen-bond acceptors (Lipinski definition) is 2. The lowest BCUT2D eigenvalue weighted by Gasteiger charge is -1.98. The lowest BCUT2D eigenvalue weighted by atomic mass is 10.1. The highest BCUT2D eigenvalue weighted by Crippen LogP contribution is 2.02. The molecule has 0 aromatic carbocycles. The Hall–Kier alpha value is -1.68. The van der Waals surface area contributed by atoms with Crippen LogP contribution in [0.25, 0.3) is 0 Å². The number of halogens is 1. The molecule has 0 bridgehead atoms. The van der Waals surface area contributed by atoms with Gasteiger partial charge in [-0.2, -0.15) is 0 Å². The number of aliphatic carboxylic acids is 1. The van der Waals surface area contributed by atoms with Gasteiger partial charge in [-0.15, -0.1) is 0 Å². The molecule has 0 aromatic rings. The summed E-state index contributed by atoms with van der Waals surface area (Å²) in [5.74, 6) is -0.771. The number of alkyl halides is 1. The summed E-state index contributed by atoms with van der Waals surface area (Å²) >= 11 is 0. The van der Waals surface area contributed by atoms with E-state index in [0.29, 0.717) is 19.3 Å². The fourth-order valence-corrected chi connectivity index (χ4v) is 1.97. The van der Waals surface area contributed by atoms with Gasteiger partial charge < -0.3 is 10.2 Å². The van der Waals surface area contributed by atoms with E-state index in [0.717, 1.165) is 32.1 Å². The third-order valence-corrected chi connectivity index (χ3v) is 3.33. The van der Waals surface area contributed by atoms with Gasteiger partial charge in [-0.1, -0.05) is 55.0 Å². The Kier molecular flexibility index (Phi) is 16.4. The molecule has 0 aromatic heterocycles. The molecule has 0 saturated carbocycles. The zero-order chi connectivity index (χ0) is 17.9. The Balaban J connectivity index is 3.60. The first-order valence-electron chi connectivity index (χ1n) is 8.76. The molecule has 0 unspecified atom stereocenters. The minimum Gasteiger partial charge on any atom is -0.481 e. The van der Waals surface area contributed by atoms with Gasteiger partial charge in [0.1, 0.15) is 0 Å². The third kappa shape index (κ3) is 18.4. The quantitative estimate of drug-likeness (QED) is 0.247. The van der Waals surface area contributed by atoms with Gasteiger partial charge in [0.2, 0.25) is 0 Å². The van der Waals surface area contributed by atoms with Crippen LogP contribution in [0.4, 0.5) is 4.39 Å². The van der Waals surface area contributed by atoms with Crippen molar-refractivity contribution in [2.24, 2.45) is 0 Å². The van der Waals surface area contributed by atoms with Gasteiger partial charge in [0.15, 0.2) is 0 Å². The monoisotopic (exact) mass is 338 g/mol. The van der Waals surface area contributed by atoms with Gasteiger partial charge in [0.05, 0.1) is 12.8 Å². The van der Waals surface area contributed by atoms with E-state index < -0.39 is 12.1 Å². The molecular formula is C20H31FO3. The summed E-state index contributed by atoms with van der Waals surface area (Å²) in [5.41, 5.74) is 0. The maximum absolute atomic E-state index is 11.9. The van der Waals surface area contributed by atoms with E-state index in [4.69, 9.17) is 5.11 Å².